The molecule has 0 bridgehead atoms. The van der Waals surface area contributed by atoms with Crippen LogP contribution in [-0.2, 0) is 0 Å². The summed E-state index contributed by atoms with van der Waals surface area (Å²) in [7, 11) is 0. The lowest BCUT2D eigenvalue weighted by Gasteiger charge is -1.96. The van der Waals surface area contributed by atoms with Crippen molar-refractivity contribution in [3.8, 4) is 0 Å². The lowest BCUT2D eigenvalue weighted by molar-refractivity contribution is 1.12. The predicted octanol–water partition coefficient (Wildman–Crippen LogP) is 3.51. The van der Waals surface area contributed by atoms with Crippen molar-refractivity contribution in [2.75, 3.05) is 5.73 Å². The van der Waals surface area contributed by atoms with E-state index in [1.54, 1.807) is 0 Å². The predicted molar refractivity (Wildman–Crippen MR) is 67.9 cm³/mol. The quantitative estimate of drug-likeness (QED) is 0.649. The van der Waals surface area contributed by atoms with Crippen LogP contribution in [0.1, 0.15) is 33.3 Å². The molecule has 0 atom stereocenters. The van der Waals surface area contributed by atoms with E-state index in [9.17, 15) is 0 Å². The fourth-order valence-corrected chi connectivity index (χ4v) is 1.26. The summed E-state index contributed by atoms with van der Waals surface area (Å²) >= 11 is 0. The summed E-state index contributed by atoms with van der Waals surface area (Å²) in [5, 5.41) is 7.93. The summed E-state index contributed by atoms with van der Waals surface area (Å²) in [5.41, 5.74) is 8.58. The van der Waals surface area contributed by atoms with Gasteiger partial charge in [0.2, 0.25) is 0 Å². The molecule has 0 saturated carbocycles. The number of hydrogen-bond donors (Lipinski definition) is 2. The van der Waals surface area contributed by atoms with E-state index in [1.165, 1.54) is 0 Å². The summed E-state index contributed by atoms with van der Waals surface area (Å²) in [6, 6.07) is 3.83. The van der Waals surface area contributed by atoms with Gasteiger partial charge in [0.05, 0.1) is 11.7 Å². The van der Waals surface area contributed by atoms with Crippen LogP contribution in [-0.4, -0.2) is 10.2 Å². The molecule has 0 saturated heterocycles. The van der Waals surface area contributed by atoms with Gasteiger partial charge in [-0.15, -0.1) is 0 Å². The molecule has 2 aromatic rings. The molecule has 2 rings (SSSR count). The van der Waals surface area contributed by atoms with E-state index in [0.717, 1.165) is 22.2 Å². The van der Waals surface area contributed by atoms with Gasteiger partial charge in [-0.25, -0.2) is 0 Å². The van der Waals surface area contributed by atoms with E-state index in [-0.39, 0.29) is 0 Å². The fourth-order valence-electron chi connectivity index (χ4n) is 1.26. The van der Waals surface area contributed by atoms with Crippen LogP contribution >= 0.6 is 0 Å². The molecule has 0 amide bonds. The number of aryl methyl sites for hydroxylation is 1. The second-order valence-corrected chi connectivity index (χ2v) is 2.67. The zero-order valence-corrected chi connectivity index (χ0v) is 10.3. The Morgan fingerprint density at radius 2 is 1.73 bits per heavy atom. The number of rotatable bonds is 0. The van der Waals surface area contributed by atoms with Crippen molar-refractivity contribution in [3.63, 3.8) is 0 Å². The molecule has 0 aliphatic carbocycles. The molecule has 84 valence electrons. The van der Waals surface area contributed by atoms with Gasteiger partial charge in [0, 0.05) is 11.1 Å². The molecule has 0 unspecified atom stereocenters. The SMILES string of the molecule is CC.CC.Cc1cc(N)cc2[nH]ncc12. The Labute approximate surface area is 91.7 Å². The number of benzene rings is 1. The molecule has 0 radical (unpaired) electrons. The normalized spacial score (nSPS) is 8.60. The second-order valence-electron chi connectivity index (χ2n) is 2.67. The lowest BCUT2D eigenvalue weighted by Crippen LogP contribution is -1.85. The highest BCUT2D eigenvalue weighted by Crippen LogP contribution is 2.18. The fraction of sp³-hybridized carbons (Fsp3) is 0.417. The van der Waals surface area contributed by atoms with Crippen molar-refractivity contribution in [2.24, 2.45) is 0 Å². The first-order valence-corrected chi connectivity index (χ1v) is 5.46. The Balaban J connectivity index is 0.000000442. The van der Waals surface area contributed by atoms with Crippen LogP contribution in [0.2, 0.25) is 0 Å². The number of nitrogens with zero attached hydrogens (tertiary/aromatic N) is 1. The largest absolute Gasteiger partial charge is 0.399 e. The molecule has 1 aromatic carbocycles. The number of nitrogen functional groups attached to an aromatic ring is 1. The Morgan fingerprint density at radius 1 is 1.13 bits per heavy atom. The number of hydrogen-bond acceptors (Lipinski definition) is 2. The van der Waals surface area contributed by atoms with Gasteiger partial charge in [0.15, 0.2) is 0 Å². The molecule has 1 aromatic heterocycles. The Bertz CT molecular complexity index is 391. The maximum atomic E-state index is 5.64. The number of nitrogens with two attached hydrogens (primary N) is 1. The number of H-pyrrole nitrogens is 1. The maximum absolute atomic E-state index is 5.64. The Morgan fingerprint density at radius 3 is 2.33 bits per heavy atom. The molecule has 0 fully saturated rings. The maximum Gasteiger partial charge on any atom is 0.0673 e. The van der Waals surface area contributed by atoms with Crippen LogP contribution in [0.3, 0.4) is 0 Å². The molecular weight excluding hydrogens is 186 g/mol. The lowest BCUT2D eigenvalue weighted by atomic mass is 10.1. The number of nitrogens with one attached hydrogen (secondary N) is 1. The average molecular weight is 207 g/mol. The molecule has 0 spiro atoms. The third-order valence-electron chi connectivity index (χ3n) is 1.79. The zero-order valence-electron chi connectivity index (χ0n) is 10.3. The van der Waals surface area contributed by atoms with Crippen molar-refractivity contribution in [1.82, 2.24) is 10.2 Å². The van der Waals surface area contributed by atoms with Gasteiger partial charge in [0.25, 0.3) is 0 Å². The number of anilines is 1. The smallest absolute Gasteiger partial charge is 0.0673 e. The third-order valence-corrected chi connectivity index (χ3v) is 1.79. The van der Waals surface area contributed by atoms with Crippen molar-refractivity contribution in [2.45, 2.75) is 34.6 Å². The van der Waals surface area contributed by atoms with Gasteiger partial charge >= 0.3 is 0 Å². The standard InChI is InChI=1S/C8H9N3.2C2H6/c1-5-2-6(9)3-8-7(5)4-10-11-8;2*1-2/h2-4H,9H2,1H3,(H,10,11);2*1-2H3. The first-order chi connectivity index (χ1) is 7.27. The van der Waals surface area contributed by atoms with Crippen LogP contribution in [0.5, 0.6) is 0 Å². The van der Waals surface area contributed by atoms with E-state index < -0.39 is 0 Å². The van der Waals surface area contributed by atoms with Crippen molar-refractivity contribution < 1.29 is 0 Å². The first kappa shape index (κ1) is 13.5. The number of fused-ring (bicyclic) bond motifs is 1. The van der Waals surface area contributed by atoms with Gasteiger partial charge in [-0.05, 0) is 24.6 Å². The minimum absolute atomic E-state index is 0.777. The Hall–Kier alpha value is -1.51. The van der Waals surface area contributed by atoms with Crippen LogP contribution in [0.4, 0.5) is 5.69 Å². The van der Waals surface area contributed by atoms with Crippen LogP contribution in [0, 0.1) is 6.92 Å². The third kappa shape index (κ3) is 3.27. The van der Waals surface area contributed by atoms with E-state index in [2.05, 4.69) is 10.2 Å². The highest BCUT2D eigenvalue weighted by molar-refractivity contribution is 5.84. The molecule has 3 heteroatoms. The molecule has 1 heterocycles. The zero-order chi connectivity index (χ0) is 11.8. The van der Waals surface area contributed by atoms with Crippen molar-refractivity contribution >= 4 is 16.6 Å². The van der Waals surface area contributed by atoms with E-state index in [0.29, 0.717) is 0 Å². The molecule has 0 aliphatic rings. The van der Waals surface area contributed by atoms with Gasteiger partial charge < -0.3 is 5.73 Å². The molecule has 3 nitrogen and oxygen atoms in total. The summed E-state index contributed by atoms with van der Waals surface area (Å²) in [6.07, 6.45) is 1.81. The van der Waals surface area contributed by atoms with E-state index in [4.69, 9.17) is 5.73 Å². The van der Waals surface area contributed by atoms with Crippen LogP contribution < -0.4 is 5.73 Å². The minimum atomic E-state index is 0.777. The molecule has 3 N–H and O–H groups in total. The number of aromatic amines is 1. The Kier molecular flexibility index (Phi) is 6.18. The van der Waals surface area contributed by atoms with Crippen LogP contribution in [0.25, 0.3) is 10.9 Å². The first-order valence-electron chi connectivity index (χ1n) is 5.46. The molecule has 0 aliphatic heterocycles. The average Bonchev–Trinajstić information content (AvgIpc) is 2.72. The summed E-state index contributed by atoms with van der Waals surface area (Å²) in [5.74, 6) is 0. The minimum Gasteiger partial charge on any atom is -0.399 e. The monoisotopic (exact) mass is 207 g/mol. The van der Waals surface area contributed by atoms with Crippen molar-refractivity contribution in [1.29, 1.82) is 0 Å². The van der Waals surface area contributed by atoms with Gasteiger partial charge in [-0.3, -0.25) is 5.10 Å². The van der Waals surface area contributed by atoms with E-state index in [1.807, 2.05) is 52.9 Å². The summed E-state index contributed by atoms with van der Waals surface area (Å²) < 4.78 is 0. The van der Waals surface area contributed by atoms with E-state index >= 15 is 0 Å². The molecular formula is C12H21N3. The highest BCUT2D eigenvalue weighted by atomic mass is 15.1. The van der Waals surface area contributed by atoms with Crippen molar-refractivity contribution in [3.05, 3.63) is 23.9 Å². The second kappa shape index (κ2) is 6.87. The summed E-state index contributed by atoms with van der Waals surface area (Å²) in [4.78, 5) is 0. The van der Waals surface area contributed by atoms with Gasteiger partial charge in [-0.2, -0.15) is 5.10 Å². The molecule has 15 heavy (non-hydrogen) atoms. The number of aromatic nitrogens is 2. The van der Waals surface area contributed by atoms with Crippen LogP contribution in [0.15, 0.2) is 18.3 Å². The summed E-state index contributed by atoms with van der Waals surface area (Å²) in [6.45, 7) is 10.0. The highest BCUT2D eigenvalue weighted by Gasteiger charge is 1.98. The van der Waals surface area contributed by atoms with Gasteiger partial charge in [0.1, 0.15) is 0 Å². The van der Waals surface area contributed by atoms with Gasteiger partial charge in [-0.1, -0.05) is 27.7 Å². The topological polar surface area (TPSA) is 54.7 Å².